The summed E-state index contributed by atoms with van der Waals surface area (Å²) in [7, 11) is 0. The highest BCUT2D eigenvalue weighted by molar-refractivity contribution is 7.81. The van der Waals surface area contributed by atoms with Crippen molar-refractivity contribution < 1.29 is 4.79 Å². The third-order valence-corrected chi connectivity index (χ3v) is 4.35. The molecule has 1 amide bonds. The molecule has 2 nitrogen and oxygen atoms in total. The zero-order valence-corrected chi connectivity index (χ0v) is 14.0. The Balaban J connectivity index is 4.40. The van der Waals surface area contributed by atoms with E-state index in [0.29, 0.717) is 5.92 Å². The molecule has 0 aliphatic carbocycles. The summed E-state index contributed by atoms with van der Waals surface area (Å²) in [4.78, 5) is 12.2. The van der Waals surface area contributed by atoms with Gasteiger partial charge in [-0.3, -0.25) is 4.79 Å². The van der Waals surface area contributed by atoms with Gasteiger partial charge < -0.3 is 5.32 Å². The summed E-state index contributed by atoms with van der Waals surface area (Å²) >= 11 is 4.52. The second kappa shape index (κ2) is 6.83. The van der Waals surface area contributed by atoms with Crippen molar-refractivity contribution in [2.24, 2.45) is 16.7 Å². The van der Waals surface area contributed by atoms with Crippen LogP contribution in [0.4, 0.5) is 0 Å². The first-order valence-electron chi connectivity index (χ1n) is 6.95. The zero-order valence-electron chi connectivity index (χ0n) is 13.1. The first kappa shape index (κ1) is 17.8. The Morgan fingerprint density at radius 2 is 1.67 bits per heavy atom. The fourth-order valence-corrected chi connectivity index (χ4v) is 2.17. The van der Waals surface area contributed by atoms with Gasteiger partial charge in [0.05, 0.1) is 0 Å². The SMILES string of the molecule is CC(C)CCNC(=O)C(C)(C)CC(C)(C)C(C)S. The molecule has 0 saturated carbocycles. The highest BCUT2D eigenvalue weighted by Crippen LogP contribution is 2.38. The lowest BCUT2D eigenvalue weighted by molar-refractivity contribution is -0.130. The molecular formula is C15H31NOS. The number of hydrogen-bond donors (Lipinski definition) is 2. The Kier molecular flexibility index (Phi) is 6.77. The molecule has 0 radical (unpaired) electrons. The second-order valence-corrected chi connectivity index (χ2v) is 7.94. The predicted octanol–water partition coefficient (Wildman–Crippen LogP) is 3.91. The van der Waals surface area contributed by atoms with E-state index in [1.807, 2.05) is 13.8 Å². The van der Waals surface area contributed by atoms with E-state index >= 15 is 0 Å². The number of carbonyl (C=O) groups is 1. The van der Waals surface area contributed by atoms with Crippen LogP contribution in [0.3, 0.4) is 0 Å². The lowest BCUT2D eigenvalue weighted by Gasteiger charge is -2.36. The fourth-order valence-electron chi connectivity index (χ4n) is 2.08. The van der Waals surface area contributed by atoms with Crippen molar-refractivity contribution in [2.75, 3.05) is 6.54 Å². The molecule has 1 unspecified atom stereocenters. The van der Waals surface area contributed by atoms with Crippen molar-refractivity contribution >= 4 is 18.5 Å². The topological polar surface area (TPSA) is 29.1 Å². The van der Waals surface area contributed by atoms with Gasteiger partial charge in [0.25, 0.3) is 0 Å². The maximum atomic E-state index is 12.2. The van der Waals surface area contributed by atoms with Crippen molar-refractivity contribution in [2.45, 2.75) is 66.6 Å². The number of nitrogens with one attached hydrogen (secondary N) is 1. The van der Waals surface area contributed by atoms with Crippen LogP contribution >= 0.6 is 12.6 Å². The van der Waals surface area contributed by atoms with E-state index in [-0.39, 0.29) is 22.0 Å². The molecule has 0 heterocycles. The van der Waals surface area contributed by atoms with E-state index in [0.717, 1.165) is 19.4 Å². The van der Waals surface area contributed by atoms with Gasteiger partial charge in [0.1, 0.15) is 0 Å². The average molecular weight is 273 g/mol. The predicted molar refractivity (Wildman–Crippen MR) is 83.1 cm³/mol. The third kappa shape index (κ3) is 6.12. The van der Waals surface area contributed by atoms with E-state index in [1.54, 1.807) is 0 Å². The molecule has 0 rings (SSSR count). The first-order valence-corrected chi connectivity index (χ1v) is 7.47. The molecule has 0 aliphatic heterocycles. The summed E-state index contributed by atoms with van der Waals surface area (Å²) in [5.41, 5.74) is -0.278. The van der Waals surface area contributed by atoms with Crippen molar-refractivity contribution in [3.8, 4) is 0 Å². The number of amides is 1. The molecule has 1 atom stereocenters. The Morgan fingerprint density at radius 1 is 1.17 bits per heavy atom. The summed E-state index contributed by atoms with van der Waals surface area (Å²) in [5, 5.41) is 3.33. The molecule has 0 fully saturated rings. The van der Waals surface area contributed by atoms with Gasteiger partial charge in [-0.2, -0.15) is 12.6 Å². The number of carbonyl (C=O) groups excluding carboxylic acids is 1. The monoisotopic (exact) mass is 273 g/mol. The maximum absolute atomic E-state index is 12.2. The van der Waals surface area contributed by atoms with Crippen LogP contribution < -0.4 is 5.32 Å². The molecule has 0 saturated heterocycles. The quantitative estimate of drug-likeness (QED) is 0.677. The van der Waals surface area contributed by atoms with Crippen molar-refractivity contribution in [1.29, 1.82) is 0 Å². The van der Waals surface area contributed by atoms with Crippen LogP contribution in [-0.4, -0.2) is 17.7 Å². The van der Waals surface area contributed by atoms with E-state index in [4.69, 9.17) is 0 Å². The Labute approximate surface area is 119 Å². The van der Waals surface area contributed by atoms with Gasteiger partial charge in [-0.25, -0.2) is 0 Å². The highest BCUT2D eigenvalue weighted by Gasteiger charge is 2.36. The van der Waals surface area contributed by atoms with E-state index < -0.39 is 0 Å². The van der Waals surface area contributed by atoms with Crippen LogP contribution in [0, 0.1) is 16.7 Å². The maximum Gasteiger partial charge on any atom is 0.225 e. The third-order valence-electron chi connectivity index (χ3n) is 3.65. The minimum atomic E-state index is -0.336. The van der Waals surface area contributed by atoms with Crippen molar-refractivity contribution in [3.63, 3.8) is 0 Å². The average Bonchev–Trinajstić information content (AvgIpc) is 2.14. The lowest BCUT2D eigenvalue weighted by atomic mass is 9.73. The Morgan fingerprint density at radius 3 is 2.06 bits per heavy atom. The minimum absolute atomic E-state index is 0.0575. The van der Waals surface area contributed by atoms with Crippen molar-refractivity contribution in [3.05, 3.63) is 0 Å². The van der Waals surface area contributed by atoms with Gasteiger partial charge in [-0.05, 0) is 24.2 Å². The molecule has 1 N–H and O–H groups in total. The van der Waals surface area contributed by atoms with E-state index in [9.17, 15) is 4.79 Å². The van der Waals surface area contributed by atoms with Crippen molar-refractivity contribution in [1.82, 2.24) is 5.32 Å². The minimum Gasteiger partial charge on any atom is -0.356 e. The van der Waals surface area contributed by atoms with Gasteiger partial charge in [0.15, 0.2) is 0 Å². The molecule has 18 heavy (non-hydrogen) atoms. The van der Waals surface area contributed by atoms with E-state index in [2.05, 4.69) is 52.6 Å². The van der Waals surface area contributed by atoms with Crippen LogP contribution in [0.5, 0.6) is 0 Å². The Bertz CT molecular complexity index is 270. The number of hydrogen-bond acceptors (Lipinski definition) is 2. The summed E-state index contributed by atoms with van der Waals surface area (Å²) in [6.45, 7) is 15.6. The van der Waals surface area contributed by atoms with Crippen LogP contribution in [0.2, 0.25) is 0 Å². The van der Waals surface area contributed by atoms with Gasteiger partial charge in [-0.1, -0.05) is 48.5 Å². The summed E-state index contributed by atoms with van der Waals surface area (Å²) in [6.07, 6.45) is 1.88. The second-order valence-electron chi connectivity index (χ2n) is 7.16. The largest absolute Gasteiger partial charge is 0.356 e. The van der Waals surface area contributed by atoms with Gasteiger partial charge >= 0.3 is 0 Å². The van der Waals surface area contributed by atoms with Gasteiger partial charge in [0.2, 0.25) is 5.91 Å². The summed E-state index contributed by atoms with van der Waals surface area (Å²) < 4.78 is 0. The Hall–Kier alpha value is -0.180. The lowest BCUT2D eigenvalue weighted by Crippen LogP contribution is -2.41. The molecule has 0 aromatic heterocycles. The first-order chi connectivity index (χ1) is 7.99. The molecule has 3 heteroatoms. The fraction of sp³-hybridized carbons (Fsp3) is 0.933. The van der Waals surface area contributed by atoms with Crippen LogP contribution in [-0.2, 0) is 4.79 Å². The molecule has 0 spiro atoms. The summed E-state index contributed by atoms with van der Waals surface area (Å²) in [6, 6.07) is 0. The summed E-state index contributed by atoms with van der Waals surface area (Å²) in [5.74, 6) is 0.785. The molecule has 0 bridgehead atoms. The van der Waals surface area contributed by atoms with Gasteiger partial charge in [-0.15, -0.1) is 0 Å². The number of rotatable bonds is 7. The highest BCUT2D eigenvalue weighted by atomic mass is 32.1. The molecule has 0 aliphatic rings. The molecule has 0 aromatic carbocycles. The normalized spacial score (nSPS) is 14.7. The van der Waals surface area contributed by atoms with Gasteiger partial charge in [0, 0.05) is 17.2 Å². The zero-order chi connectivity index (χ0) is 14.6. The van der Waals surface area contributed by atoms with Crippen LogP contribution in [0.15, 0.2) is 0 Å². The van der Waals surface area contributed by atoms with E-state index in [1.165, 1.54) is 0 Å². The van der Waals surface area contributed by atoms with Crippen LogP contribution in [0.1, 0.15) is 61.3 Å². The molecule has 108 valence electrons. The molecular weight excluding hydrogens is 242 g/mol. The standard InChI is InChI=1S/C15H31NOS/c1-11(2)8-9-16-13(17)15(6,7)10-14(4,5)12(3)18/h11-12,18H,8-10H2,1-7H3,(H,16,17). The molecule has 0 aromatic rings. The smallest absolute Gasteiger partial charge is 0.225 e. The van der Waals surface area contributed by atoms with Crippen LogP contribution in [0.25, 0.3) is 0 Å². The number of thiol groups is 1.